The number of amides is 1. The van der Waals surface area contributed by atoms with Crippen LogP contribution in [0.5, 0.6) is 5.75 Å². The van der Waals surface area contributed by atoms with Crippen molar-refractivity contribution in [2.75, 3.05) is 14.2 Å². The van der Waals surface area contributed by atoms with Crippen molar-refractivity contribution in [3.05, 3.63) is 92.9 Å². The highest BCUT2D eigenvalue weighted by molar-refractivity contribution is 6.30. The maximum Gasteiger partial charge on any atom is 0.274 e. The largest absolute Gasteiger partial charge is 0.496 e. The van der Waals surface area contributed by atoms with E-state index in [1.54, 1.807) is 32.4 Å². The summed E-state index contributed by atoms with van der Waals surface area (Å²) in [5.74, 6) is 0.342. The second kappa shape index (κ2) is 8.71. The molecule has 6 nitrogen and oxygen atoms in total. The van der Waals surface area contributed by atoms with Crippen molar-refractivity contribution >= 4 is 17.5 Å². The molecule has 2 aromatic carbocycles. The lowest BCUT2D eigenvalue weighted by Gasteiger charge is -2.19. The van der Waals surface area contributed by atoms with Crippen LogP contribution in [0.3, 0.4) is 0 Å². The number of rotatable bonds is 6. The number of methoxy groups -OCH3 is 1. The minimum atomic E-state index is -0.302. The van der Waals surface area contributed by atoms with Gasteiger partial charge < -0.3 is 9.64 Å². The summed E-state index contributed by atoms with van der Waals surface area (Å²) in [5, 5.41) is 4.81. The highest BCUT2D eigenvalue weighted by Gasteiger charge is 2.17. The Morgan fingerprint density at radius 1 is 1.14 bits per heavy atom. The molecule has 1 aromatic heterocycles. The van der Waals surface area contributed by atoms with Gasteiger partial charge in [0.05, 0.1) is 13.7 Å². The summed E-state index contributed by atoms with van der Waals surface area (Å²) in [6, 6.07) is 17.5. The maximum absolute atomic E-state index is 12.8. The van der Waals surface area contributed by atoms with Gasteiger partial charge in [0.2, 0.25) is 0 Å². The highest BCUT2D eigenvalue weighted by Crippen LogP contribution is 2.24. The Morgan fingerprint density at radius 2 is 1.89 bits per heavy atom. The van der Waals surface area contributed by atoms with Gasteiger partial charge in [-0.3, -0.25) is 9.59 Å². The molecule has 0 N–H and O–H groups in total. The van der Waals surface area contributed by atoms with E-state index in [0.29, 0.717) is 23.9 Å². The van der Waals surface area contributed by atoms with E-state index < -0.39 is 0 Å². The Bertz CT molecular complexity index is 1030. The van der Waals surface area contributed by atoms with E-state index >= 15 is 0 Å². The summed E-state index contributed by atoms with van der Waals surface area (Å²) in [4.78, 5) is 26.5. The number of hydrogen-bond donors (Lipinski definition) is 0. The molecule has 1 heterocycles. The Hall–Kier alpha value is -3.12. The van der Waals surface area contributed by atoms with Gasteiger partial charge in [-0.2, -0.15) is 5.10 Å². The van der Waals surface area contributed by atoms with E-state index in [2.05, 4.69) is 5.10 Å². The predicted octanol–water partition coefficient (Wildman–Crippen LogP) is 3.23. The average molecular weight is 398 g/mol. The summed E-state index contributed by atoms with van der Waals surface area (Å²) in [7, 11) is 3.23. The van der Waals surface area contributed by atoms with Crippen molar-refractivity contribution < 1.29 is 9.53 Å². The molecule has 0 atom stereocenters. The van der Waals surface area contributed by atoms with E-state index in [4.69, 9.17) is 16.3 Å². The van der Waals surface area contributed by atoms with Crippen molar-refractivity contribution in [2.45, 2.75) is 13.1 Å². The lowest BCUT2D eigenvalue weighted by Crippen LogP contribution is -2.31. The van der Waals surface area contributed by atoms with Gasteiger partial charge in [0.1, 0.15) is 11.4 Å². The van der Waals surface area contributed by atoms with Gasteiger partial charge in [0.15, 0.2) is 0 Å². The van der Waals surface area contributed by atoms with Crippen LogP contribution in [0.2, 0.25) is 5.02 Å². The van der Waals surface area contributed by atoms with Crippen molar-refractivity contribution in [2.24, 2.45) is 0 Å². The topological polar surface area (TPSA) is 64.4 Å². The molecule has 0 unspecified atom stereocenters. The number of carbonyl (C=O) groups is 1. The second-order valence-corrected chi connectivity index (χ2v) is 6.75. The molecule has 0 bridgehead atoms. The molecule has 0 spiro atoms. The van der Waals surface area contributed by atoms with Crippen LogP contribution in [-0.4, -0.2) is 34.7 Å². The first-order chi connectivity index (χ1) is 13.5. The first kappa shape index (κ1) is 19.6. The number of benzene rings is 2. The van der Waals surface area contributed by atoms with Gasteiger partial charge in [-0.05, 0) is 29.8 Å². The highest BCUT2D eigenvalue weighted by atomic mass is 35.5. The molecule has 7 heteroatoms. The van der Waals surface area contributed by atoms with Gasteiger partial charge in [0.25, 0.3) is 11.5 Å². The van der Waals surface area contributed by atoms with E-state index in [0.717, 1.165) is 11.1 Å². The summed E-state index contributed by atoms with van der Waals surface area (Å²) < 4.78 is 6.62. The molecular formula is C21H20ClN3O3. The van der Waals surface area contributed by atoms with Crippen LogP contribution in [0.25, 0.3) is 0 Å². The fraction of sp³-hybridized carbons (Fsp3) is 0.190. The zero-order valence-corrected chi connectivity index (χ0v) is 16.4. The van der Waals surface area contributed by atoms with Crippen molar-refractivity contribution in [3.63, 3.8) is 0 Å². The molecular weight excluding hydrogens is 378 g/mol. The molecule has 0 saturated carbocycles. The van der Waals surface area contributed by atoms with E-state index in [9.17, 15) is 9.59 Å². The lowest BCUT2D eigenvalue weighted by atomic mass is 10.2. The molecule has 0 aliphatic rings. The molecule has 0 aliphatic heterocycles. The first-order valence-electron chi connectivity index (χ1n) is 8.68. The van der Waals surface area contributed by atoms with Crippen LogP contribution in [0.1, 0.15) is 21.6 Å². The lowest BCUT2D eigenvalue weighted by molar-refractivity contribution is 0.0775. The zero-order chi connectivity index (χ0) is 20.1. The van der Waals surface area contributed by atoms with Crippen LogP contribution in [0, 0.1) is 0 Å². The third kappa shape index (κ3) is 4.58. The molecule has 3 rings (SSSR count). The molecule has 0 saturated heterocycles. The maximum atomic E-state index is 12.8. The van der Waals surface area contributed by atoms with Gasteiger partial charge in [-0.25, -0.2) is 4.68 Å². The van der Waals surface area contributed by atoms with E-state index in [-0.39, 0.29) is 17.2 Å². The Kier molecular flexibility index (Phi) is 6.11. The number of nitrogens with zero attached hydrogens (tertiary/aromatic N) is 3. The first-order valence-corrected chi connectivity index (χ1v) is 9.05. The SMILES string of the molecule is COc1ccc(Cl)cc1CN(C)C(=O)c1ccc(=O)n(Cc2ccccc2)n1. The Morgan fingerprint density at radius 3 is 2.61 bits per heavy atom. The average Bonchev–Trinajstić information content (AvgIpc) is 2.70. The van der Waals surface area contributed by atoms with Gasteiger partial charge in [-0.1, -0.05) is 41.9 Å². The molecule has 0 aliphatic carbocycles. The van der Waals surface area contributed by atoms with E-state index in [1.807, 2.05) is 30.3 Å². The third-order valence-corrected chi connectivity index (χ3v) is 4.49. The molecule has 0 radical (unpaired) electrons. The standard InChI is InChI=1S/C21H20ClN3O3/c1-24(14-16-12-17(22)8-10-19(16)28-2)21(27)18-9-11-20(26)25(23-18)13-15-6-4-3-5-7-15/h3-12H,13-14H2,1-2H3. The number of hydrogen-bond acceptors (Lipinski definition) is 4. The zero-order valence-electron chi connectivity index (χ0n) is 15.6. The smallest absolute Gasteiger partial charge is 0.274 e. The fourth-order valence-electron chi connectivity index (χ4n) is 2.83. The van der Waals surface area contributed by atoms with Crippen LogP contribution >= 0.6 is 11.6 Å². The normalized spacial score (nSPS) is 10.5. The number of ether oxygens (including phenoxy) is 1. The monoisotopic (exact) mass is 397 g/mol. The quantitative estimate of drug-likeness (QED) is 0.640. The number of halogens is 1. The fourth-order valence-corrected chi connectivity index (χ4v) is 3.02. The van der Waals surface area contributed by atoms with Crippen LogP contribution in [-0.2, 0) is 13.1 Å². The predicted molar refractivity (Wildman–Crippen MR) is 108 cm³/mol. The summed E-state index contributed by atoms with van der Waals surface area (Å²) >= 11 is 6.06. The number of aromatic nitrogens is 2. The molecule has 144 valence electrons. The van der Waals surface area contributed by atoms with E-state index in [1.165, 1.54) is 21.7 Å². The minimum absolute atomic E-state index is 0.194. The van der Waals surface area contributed by atoms with Crippen LogP contribution in [0.15, 0.2) is 65.5 Å². The minimum Gasteiger partial charge on any atom is -0.496 e. The molecule has 0 fully saturated rings. The van der Waals surface area contributed by atoms with Gasteiger partial charge in [0, 0.05) is 30.2 Å². The Labute approximate surface area is 167 Å². The summed E-state index contributed by atoms with van der Waals surface area (Å²) in [5.41, 5.74) is 1.64. The summed E-state index contributed by atoms with van der Waals surface area (Å²) in [6.45, 7) is 0.592. The Balaban J connectivity index is 1.81. The molecule has 1 amide bonds. The third-order valence-electron chi connectivity index (χ3n) is 4.26. The molecule has 3 aromatic rings. The van der Waals surface area contributed by atoms with Crippen LogP contribution in [0.4, 0.5) is 0 Å². The van der Waals surface area contributed by atoms with Crippen LogP contribution < -0.4 is 10.3 Å². The summed E-state index contributed by atoms with van der Waals surface area (Å²) in [6.07, 6.45) is 0. The van der Waals surface area contributed by atoms with Crippen molar-refractivity contribution in [3.8, 4) is 5.75 Å². The molecule has 28 heavy (non-hydrogen) atoms. The van der Waals surface area contributed by atoms with Gasteiger partial charge in [-0.15, -0.1) is 0 Å². The van der Waals surface area contributed by atoms with Gasteiger partial charge >= 0.3 is 0 Å². The van der Waals surface area contributed by atoms with Crippen molar-refractivity contribution in [1.29, 1.82) is 0 Å². The van der Waals surface area contributed by atoms with Crippen molar-refractivity contribution in [1.82, 2.24) is 14.7 Å². The second-order valence-electron chi connectivity index (χ2n) is 6.32. The number of carbonyl (C=O) groups excluding carboxylic acids is 1.